The van der Waals surface area contributed by atoms with E-state index in [1.54, 1.807) is 23.0 Å². The van der Waals surface area contributed by atoms with Gasteiger partial charge in [-0.2, -0.15) is 0 Å². The van der Waals surface area contributed by atoms with Crippen LogP contribution in [0.15, 0.2) is 24.4 Å². The summed E-state index contributed by atoms with van der Waals surface area (Å²) in [4.78, 5) is 30.6. The number of likely N-dealkylation sites (tertiary alicyclic amines) is 1. The quantitative estimate of drug-likeness (QED) is 0.898. The van der Waals surface area contributed by atoms with E-state index in [0.717, 1.165) is 12.1 Å². The summed E-state index contributed by atoms with van der Waals surface area (Å²) in [6, 6.07) is 5.62. The Morgan fingerprint density at radius 2 is 2.29 bits per heavy atom. The molecule has 0 bridgehead atoms. The number of carboxylic acid groups (broad SMARTS) is 1. The van der Waals surface area contributed by atoms with Gasteiger partial charge in [0.15, 0.2) is 0 Å². The standard InChI is InChI=1S/C15H21N3O3/c1-17(11-13-4-2-3-8-16-13)15(21)18-9-7-12(10-18)5-6-14(19)20/h2-4,8,12H,5-7,9-11H2,1H3,(H,19,20). The first-order valence-corrected chi connectivity index (χ1v) is 7.18. The van der Waals surface area contributed by atoms with Crippen molar-refractivity contribution in [2.24, 2.45) is 5.92 Å². The first-order chi connectivity index (χ1) is 10.1. The molecule has 1 fully saturated rings. The molecule has 1 saturated heterocycles. The Labute approximate surface area is 124 Å². The molecule has 0 aliphatic carbocycles. The molecule has 1 atom stereocenters. The average molecular weight is 291 g/mol. The number of amides is 2. The van der Waals surface area contributed by atoms with Crippen LogP contribution < -0.4 is 0 Å². The molecule has 1 N–H and O–H groups in total. The zero-order chi connectivity index (χ0) is 15.2. The van der Waals surface area contributed by atoms with Gasteiger partial charge in [-0.3, -0.25) is 9.78 Å². The van der Waals surface area contributed by atoms with Crippen molar-refractivity contribution in [2.75, 3.05) is 20.1 Å². The lowest BCUT2D eigenvalue weighted by Crippen LogP contribution is -2.39. The molecule has 114 valence electrons. The molecule has 0 spiro atoms. The van der Waals surface area contributed by atoms with E-state index in [-0.39, 0.29) is 12.5 Å². The number of aliphatic carboxylic acids is 1. The van der Waals surface area contributed by atoms with Crippen molar-refractivity contribution in [3.05, 3.63) is 30.1 Å². The Morgan fingerprint density at radius 1 is 1.48 bits per heavy atom. The highest BCUT2D eigenvalue weighted by molar-refractivity contribution is 5.74. The lowest BCUT2D eigenvalue weighted by Gasteiger charge is -2.24. The van der Waals surface area contributed by atoms with Crippen molar-refractivity contribution in [2.45, 2.75) is 25.8 Å². The molecule has 1 unspecified atom stereocenters. The van der Waals surface area contributed by atoms with E-state index in [0.29, 0.717) is 32.0 Å². The predicted molar refractivity (Wildman–Crippen MR) is 77.6 cm³/mol. The van der Waals surface area contributed by atoms with Crippen LogP contribution in [0.1, 0.15) is 25.0 Å². The molecule has 21 heavy (non-hydrogen) atoms. The molecule has 2 rings (SSSR count). The van der Waals surface area contributed by atoms with Crippen LogP contribution in [0.2, 0.25) is 0 Å². The van der Waals surface area contributed by atoms with Gasteiger partial charge < -0.3 is 14.9 Å². The first kappa shape index (κ1) is 15.3. The molecule has 6 heteroatoms. The number of hydrogen-bond donors (Lipinski definition) is 1. The van der Waals surface area contributed by atoms with Gasteiger partial charge in [-0.1, -0.05) is 6.07 Å². The molecule has 2 amide bonds. The lowest BCUT2D eigenvalue weighted by atomic mass is 10.0. The zero-order valence-corrected chi connectivity index (χ0v) is 12.2. The van der Waals surface area contributed by atoms with Gasteiger partial charge in [-0.25, -0.2) is 4.79 Å². The maximum absolute atomic E-state index is 12.3. The number of hydrogen-bond acceptors (Lipinski definition) is 3. The molecule has 2 heterocycles. The SMILES string of the molecule is CN(Cc1ccccn1)C(=O)N1CCC(CCC(=O)O)C1. The molecule has 6 nitrogen and oxygen atoms in total. The highest BCUT2D eigenvalue weighted by atomic mass is 16.4. The molecule has 1 aliphatic heterocycles. The van der Waals surface area contributed by atoms with Crippen molar-refractivity contribution in [1.82, 2.24) is 14.8 Å². The number of aromatic nitrogens is 1. The average Bonchev–Trinajstić information content (AvgIpc) is 2.94. The van der Waals surface area contributed by atoms with Crippen LogP contribution in [-0.4, -0.2) is 52.0 Å². The van der Waals surface area contributed by atoms with Crippen LogP contribution in [0.25, 0.3) is 0 Å². The number of pyridine rings is 1. The molecule has 0 saturated carbocycles. The second kappa shape index (κ2) is 7.06. The summed E-state index contributed by atoms with van der Waals surface area (Å²) in [5.41, 5.74) is 0.856. The third kappa shape index (κ3) is 4.44. The van der Waals surface area contributed by atoms with E-state index < -0.39 is 5.97 Å². The Bertz CT molecular complexity index is 492. The summed E-state index contributed by atoms with van der Waals surface area (Å²) in [7, 11) is 1.77. The molecule has 0 aromatic carbocycles. The van der Waals surface area contributed by atoms with Crippen molar-refractivity contribution in [1.29, 1.82) is 0 Å². The number of carboxylic acids is 1. The normalized spacial score (nSPS) is 17.8. The number of carbonyl (C=O) groups excluding carboxylic acids is 1. The van der Waals surface area contributed by atoms with Gasteiger partial charge in [0.2, 0.25) is 0 Å². The number of rotatable bonds is 5. The summed E-state index contributed by atoms with van der Waals surface area (Å²) in [5, 5.41) is 8.71. The van der Waals surface area contributed by atoms with E-state index in [4.69, 9.17) is 5.11 Å². The second-order valence-electron chi connectivity index (χ2n) is 5.49. The van der Waals surface area contributed by atoms with E-state index in [2.05, 4.69) is 4.98 Å². The predicted octanol–water partition coefficient (Wildman–Crippen LogP) is 1.82. The van der Waals surface area contributed by atoms with E-state index >= 15 is 0 Å². The molecular weight excluding hydrogens is 270 g/mol. The minimum atomic E-state index is -0.771. The molecule has 0 radical (unpaired) electrons. The maximum atomic E-state index is 12.3. The van der Waals surface area contributed by atoms with E-state index in [1.165, 1.54) is 0 Å². The summed E-state index contributed by atoms with van der Waals surface area (Å²) in [5.74, 6) is -0.472. The Morgan fingerprint density at radius 3 is 2.95 bits per heavy atom. The Balaban J connectivity index is 1.82. The van der Waals surface area contributed by atoms with Crippen LogP contribution >= 0.6 is 0 Å². The highest BCUT2D eigenvalue weighted by Crippen LogP contribution is 2.22. The summed E-state index contributed by atoms with van der Waals surface area (Å²) in [6.07, 6.45) is 3.42. The summed E-state index contributed by atoms with van der Waals surface area (Å²) >= 11 is 0. The van der Waals surface area contributed by atoms with Gasteiger partial charge in [0.25, 0.3) is 0 Å². The van der Waals surface area contributed by atoms with Crippen LogP contribution in [0, 0.1) is 5.92 Å². The smallest absolute Gasteiger partial charge is 0.320 e. The van der Waals surface area contributed by atoms with Crippen molar-refractivity contribution in [3.8, 4) is 0 Å². The van der Waals surface area contributed by atoms with Crippen LogP contribution in [-0.2, 0) is 11.3 Å². The number of nitrogens with zero attached hydrogens (tertiary/aromatic N) is 3. The van der Waals surface area contributed by atoms with Crippen LogP contribution in [0.3, 0.4) is 0 Å². The third-order valence-electron chi connectivity index (χ3n) is 3.77. The van der Waals surface area contributed by atoms with Crippen LogP contribution in [0.5, 0.6) is 0 Å². The second-order valence-corrected chi connectivity index (χ2v) is 5.49. The van der Waals surface area contributed by atoms with Crippen molar-refractivity contribution in [3.63, 3.8) is 0 Å². The Kier molecular flexibility index (Phi) is 5.14. The summed E-state index contributed by atoms with van der Waals surface area (Å²) in [6.45, 7) is 1.84. The van der Waals surface area contributed by atoms with E-state index in [9.17, 15) is 9.59 Å². The largest absolute Gasteiger partial charge is 0.481 e. The van der Waals surface area contributed by atoms with Crippen molar-refractivity contribution < 1.29 is 14.7 Å². The molecular formula is C15H21N3O3. The van der Waals surface area contributed by atoms with Gasteiger partial charge in [0, 0.05) is 32.8 Å². The van der Waals surface area contributed by atoms with Crippen LogP contribution in [0.4, 0.5) is 4.79 Å². The van der Waals surface area contributed by atoms with Gasteiger partial charge in [0.1, 0.15) is 0 Å². The third-order valence-corrected chi connectivity index (χ3v) is 3.77. The first-order valence-electron chi connectivity index (χ1n) is 7.18. The van der Waals surface area contributed by atoms with Crippen molar-refractivity contribution >= 4 is 12.0 Å². The number of carbonyl (C=O) groups is 2. The molecule has 1 aromatic rings. The van der Waals surface area contributed by atoms with Gasteiger partial charge in [-0.15, -0.1) is 0 Å². The fraction of sp³-hybridized carbons (Fsp3) is 0.533. The minimum absolute atomic E-state index is 0.0153. The lowest BCUT2D eigenvalue weighted by molar-refractivity contribution is -0.137. The topological polar surface area (TPSA) is 73.7 Å². The zero-order valence-electron chi connectivity index (χ0n) is 12.2. The van der Waals surface area contributed by atoms with Gasteiger partial charge in [0.05, 0.1) is 12.2 Å². The maximum Gasteiger partial charge on any atom is 0.320 e. The van der Waals surface area contributed by atoms with Gasteiger partial charge in [-0.05, 0) is 30.9 Å². The monoisotopic (exact) mass is 291 g/mol. The summed E-state index contributed by atoms with van der Waals surface area (Å²) < 4.78 is 0. The van der Waals surface area contributed by atoms with Gasteiger partial charge >= 0.3 is 12.0 Å². The Hall–Kier alpha value is -2.11. The fourth-order valence-electron chi connectivity index (χ4n) is 2.61. The molecule has 1 aliphatic rings. The highest BCUT2D eigenvalue weighted by Gasteiger charge is 2.28. The van der Waals surface area contributed by atoms with E-state index in [1.807, 2.05) is 18.2 Å². The molecule has 1 aromatic heterocycles. The number of urea groups is 1. The minimum Gasteiger partial charge on any atom is -0.481 e. The fourth-order valence-corrected chi connectivity index (χ4v) is 2.61.